The third kappa shape index (κ3) is 5.10. The topological polar surface area (TPSA) is 77.3 Å². The van der Waals surface area contributed by atoms with E-state index in [0.29, 0.717) is 25.2 Å². The van der Waals surface area contributed by atoms with Gasteiger partial charge >= 0.3 is 5.97 Å². The Bertz CT molecular complexity index is 1020. The largest absolute Gasteiger partial charge is 0.461 e. The smallest absolute Gasteiger partial charge is 0.360 e. The molecule has 32 heavy (non-hydrogen) atoms. The van der Waals surface area contributed by atoms with Crippen molar-refractivity contribution in [2.45, 2.75) is 44.0 Å². The molecule has 4 rings (SSSR count). The van der Waals surface area contributed by atoms with E-state index in [-0.39, 0.29) is 35.1 Å². The second-order valence-corrected chi connectivity index (χ2v) is 8.78. The minimum atomic E-state index is -0.592. The molecule has 2 aliphatic rings. The number of ketones is 1. The normalized spacial score (nSPS) is 21.5. The van der Waals surface area contributed by atoms with E-state index < -0.39 is 12.0 Å². The second kappa shape index (κ2) is 9.95. The van der Waals surface area contributed by atoms with E-state index in [9.17, 15) is 14.0 Å². The highest BCUT2D eigenvalue weighted by Crippen LogP contribution is 2.39. The Morgan fingerprint density at radius 3 is 2.81 bits per heavy atom. The van der Waals surface area contributed by atoms with Gasteiger partial charge in [-0.15, -0.1) is 5.10 Å². The number of hydrogen-bond acceptors (Lipinski definition) is 7. The minimum Gasteiger partial charge on any atom is -0.461 e. The van der Waals surface area contributed by atoms with Gasteiger partial charge in [0, 0.05) is 29.8 Å². The number of carbonyl (C=O) groups excluding carboxylic acids is 2. The van der Waals surface area contributed by atoms with Crippen LogP contribution in [-0.2, 0) is 16.1 Å². The van der Waals surface area contributed by atoms with Gasteiger partial charge in [0.2, 0.25) is 0 Å². The van der Waals surface area contributed by atoms with Crippen molar-refractivity contribution in [3.05, 3.63) is 59.2 Å². The molecule has 0 amide bonds. The maximum Gasteiger partial charge on any atom is 0.360 e. The molecule has 1 aliphatic carbocycles. The quantitative estimate of drug-likeness (QED) is 0.372. The van der Waals surface area contributed by atoms with Gasteiger partial charge in [-0.1, -0.05) is 24.3 Å². The molecule has 2 unspecified atom stereocenters. The summed E-state index contributed by atoms with van der Waals surface area (Å²) in [6, 6.07) is 5.95. The lowest BCUT2D eigenvalue weighted by Crippen LogP contribution is -2.42. The molecule has 0 bridgehead atoms. The highest BCUT2D eigenvalue weighted by Gasteiger charge is 2.40. The van der Waals surface area contributed by atoms with Crippen molar-refractivity contribution in [3.63, 3.8) is 0 Å². The van der Waals surface area contributed by atoms with E-state index in [1.165, 1.54) is 17.1 Å². The van der Waals surface area contributed by atoms with Crippen LogP contribution in [0.5, 0.6) is 0 Å². The van der Waals surface area contributed by atoms with E-state index in [2.05, 4.69) is 15.1 Å². The summed E-state index contributed by atoms with van der Waals surface area (Å²) in [5.41, 5.74) is 1.63. The van der Waals surface area contributed by atoms with Crippen LogP contribution in [0.25, 0.3) is 0 Å². The molecule has 2 atom stereocenters. The predicted molar refractivity (Wildman–Crippen MR) is 120 cm³/mol. The first-order valence-corrected chi connectivity index (χ1v) is 11.5. The molecule has 0 radical (unpaired) electrons. The fourth-order valence-electron chi connectivity index (χ4n) is 4.01. The van der Waals surface area contributed by atoms with Crippen LogP contribution in [0.3, 0.4) is 0 Å². The van der Waals surface area contributed by atoms with Crippen LogP contribution in [0.2, 0.25) is 0 Å². The fourth-order valence-corrected chi connectivity index (χ4v) is 4.32. The van der Waals surface area contributed by atoms with E-state index in [1.54, 1.807) is 25.1 Å². The van der Waals surface area contributed by atoms with E-state index in [4.69, 9.17) is 17.4 Å². The summed E-state index contributed by atoms with van der Waals surface area (Å²) in [6.07, 6.45) is 5.86. The number of ether oxygens (including phenoxy) is 1. The Labute approximate surface area is 192 Å². The molecule has 2 aromatic rings. The fraction of sp³-hybridized carbons (Fsp3) is 0.478. The first kappa shape index (κ1) is 22.7. The van der Waals surface area contributed by atoms with Crippen LogP contribution in [0.4, 0.5) is 4.39 Å². The minimum absolute atomic E-state index is 0.0235. The molecule has 9 heteroatoms. The van der Waals surface area contributed by atoms with Crippen molar-refractivity contribution in [1.82, 2.24) is 19.9 Å². The van der Waals surface area contributed by atoms with E-state index in [0.717, 1.165) is 24.8 Å². The first-order valence-electron chi connectivity index (χ1n) is 10.9. The van der Waals surface area contributed by atoms with Gasteiger partial charge in [-0.05, 0) is 37.8 Å². The molecule has 1 aromatic heterocycles. The summed E-state index contributed by atoms with van der Waals surface area (Å²) in [5, 5.41) is 8.31. The Kier molecular flexibility index (Phi) is 7.05. The number of halogens is 1. The highest BCUT2D eigenvalue weighted by atomic mass is 32.1. The third-order valence-electron chi connectivity index (χ3n) is 5.86. The first-order chi connectivity index (χ1) is 15.5. The van der Waals surface area contributed by atoms with Gasteiger partial charge in [-0.2, -0.15) is 22.5 Å². The molecule has 0 N–H and O–H groups in total. The molecule has 0 spiro atoms. The van der Waals surface area contributed by atoms with Crippen molar-refractivity contribution in [1.29, 1.82) is 0 Å². The third-order valence-corrected chi connectivity index (χ3v) is 6.45. The van der Waals surface area contributed by atoms with Gasteiger partial charge in [0.25, 0.3) is 0 Å². The van der Waals surface area contributed by atoms with Crippen molar-refractivity contribution in [3.8, 4) is 0 Å². The average Bonchev–Trinajstić information content (AvgIpc) is 3.53. The van der Waals surface area contributed by atoms with Crippen molar-refractivity contribution in [2.75, 3.05) is 19.7 Å². The Balaban J connectivity index is 1.52. The van der Waals surface area contributed by atoms with Crippen LogP contribution in [-0.4, -0.2) is 56.6 Å². The zero-order chi connectivity index (χ0) is 22.7. The molecular formula is C23H27FN4O3S. The number of hydrogen-bond donors (Lipinski definition) is 1. The lowest BCUT2D eigenvalue weighted by molar-refractivity contribution is -0.126. The van der Waals surface area contributed by atoms with Crippen molar-refractivity contribution in [2.24, 2.45) is 5.92 Å². The van der Waals surface area contributed by atoms with Crippen LogP contribution >= 0.6 is 12.6 Å². The predicted octanol–water partition coefficient (Wildman–Crippen LogP) is 3.24. The van der Waals surface area contributed by atoms with Gasteiger partial charge in [0.15, 0.2) is 11.5 Å². The van der Waals surface area contributed by atoms with E-state index >= 15 is 0 Å². The van der Waals surface area contributed by atoms with Gasteiger partial charge in [-0.25, -0.2) is 9.18 Å². The summed E-state index contributed by atoms with van der Waals surface area (Å²) >= 11 is 4.71. The molecule has 1 saturated heterocycles. The maximum atomic E-state index is 14.6. The number of thiol groups is 1. The Hall–Kier alpha value is -2.52. The number of aromatic nitrogens is 3. The lowest BCUT2D eigenvalue weighted by Gasteiger charge is -2.37. The number of nitrogens with zero attached hydrogens (tertiary/aromatic N) is 4. The maximum absolute atomic E-state index is 14.6. The molecule has 1 aromatic carbocycles. The number of esters is 1. The van der Waals surface area contributed by atoms with Crippen LogP contribution in [0.15, 0.2) is 42.1 Å². The van der Waals surface area contributed by atoms with E-state index in [1.807, 2.05) is 6.08 Å². The van der Waals surface area contributed by atoms with Gasteiger partial charge in [0.05, 0.1) is 25.4 Å². The number of Topliss-reactive ketones (excluding diaryl/α,β-unsaturated/α-hetero) is 1. The SMILES string of the molecule is CCOC(=O)c1cnn(C/C=C2/CN(C(C(=O)C3CC3)c3ccccc3F)CCC2S)n1. The summed E-state index contributed by atoms with van der Waals surface area (Å²) in [5.74, 6) is -0.735. The summed E-state index contributed by atoms with van der Waals surface area (Å²) in [6.45, 7) is 3.54. The van der Waals surface area contributed by atoms with Crippen molar-refractivity contribution < 1.29 is 18.7 Å². The van der Waals surface area contributed by atoms with Gasteiger partial charge in [-0.3, -0.25) is 9.69 Å². The summed E-state index contributed by atoms with van der Waals surface area (Å²) < 4.78 is 19.6. The molecule has 2 fully saturated rings. The number of likely N-dealkylation sites (tertiary alicyclic amines) is 1. The van der Waals surface area contributed by atoms with Crippen LogP contribution in [0, 0.1) is 11.7 Å². The summed E-state index contributed by atoms with van der Waals surface area (Å²) in [4.78, 5) is 28.4. The average molecular weight is 459 g/mol. The molecule has 2 heterocycles. The Morgan fingerprint density at radius 2 is 2.09 bits per heavy atom. The van der Waals surface area contributed by atoms with Gasteiger partial charge in [0.1, 0.15) is 5.82 Å². The second-order valence-electron chi connectivity index (χ2n) is 8.16. The zero-order valence-electron chi connectivity index (χ0n) is 18.0. The van der Waals surface area contributed by atoms with Crippen molar-refractivity contribution >= 4 is 24.4 Å². The van der Waals surface area contributed by atoms with Gasteiger partial charge < -0.3 is 4.74 Å². The molecular weight excluding hydrogens is 431 g/mol. The number of piperidine rings is 1. The zero-order valence-corrected chi connectivity index (χ0v) is 18.9. The molecule has 170 valence electrons. The number of rotatable bonds is 8. The molecule has 7 nitrogen and oxygen atoms in total. The number of allylic oxidation sites excluding steroid dienone is 1. The molecule has 1 saturated carbocycles. The number of benzene rings is 1. The van der Waals surface area contributed by atoms with Crippen LogP contribution in [0.1, 0.15) is 48.3 Å². The number of carbonyl (C=O) groups is 2. The standard InChI is InChI=1S/C23H27FN4O3S/c1-2-31-23(30)19-13-25-28(26-19)12-9-16-14-27(11-10-20(16)32)21(22(29)15-7-8-15)17-5-3-4-6-18(17)24/h3-6,9,13,15,20-21,32H,2,7-8,10-12,14H2,1H3/b16-9-. The lowest BCUT2D eigenvalue weighted by atomic mass is 9.93. The van der Waals surface area contributed by atoms with Crippen LogP contribution < -0.4 is 0 Å². The summed E-state index contributed by atoms with van der Waals surface area (Å²) in [7, 11) is 0. The Morgan fingerprint density at radius 1 is 1.31 bits per heavy atom. The molecule has 1 aliphatic heterocycles. The monoisotopic (exact) mass is 458 g/mol. The highest BCUT2D eigenvalue weighted by molar-refractivity contribution is 7.81.